The number of hydrazine groups is 1. The number of nitrogen functional groups attached to an aromatic ring is 2. The number of rotatable bonds is 7. The smallest absolute Gasteiger partial charge is 0.186 e. The molecule has 182 valence electrons. The van der Waals surface area contributed by atoms with Crippen molar-refractivity contribution >= 4 is 39.7 Å². The standard InChI is InChI=1S/C23H22N10O3/c1-34-14-7-5-13(6-8-14)30-31-19-21(24)32-33-20(12-4-9-15(35-2)16(10-12)36-3)17-18(28-23(19)33)22(29-25)27-11-26-17/h4-11H,25H2,1-3H3,(H2,24,32)(H,26,27,29). The van der Waals surface area contributed by atoms with E-state index in [0.717, 1.165) is 0 Å². The third-order valence-corrected chi connectivity index (χ3v) is 5.47. The van der Waals surface area contributed by atoms with Crippen molar-refractivity contribution in [1.82, 2.24) is 24.6 Å². The predicted octanol–water partition coefficient (Wildman–Crippen LogP) is 3.65. The summed E-state index contributed by atoms with van der Waals surface area (Å²) in [5, 5.41) is 13.2. The van der Waals surface area contributed by atoms with Gasteiger partial charge in [-0.1, -0.05) is 0 Å². The quantitative estimate of drug-likeness (QED) is 0.175. The van der Waals surface area contributed by atoms with E-state index in [1.54, 1.807) is 62.2 Å². The van der Waals surface area contributed by atoms with Gasteiger partial charge >= 0.3 is 0 Å². The minimum atomic E-state index is 0.131. The molecule has 0 saturated carbocycles. The maximum Gasteiger partial charge on any atom is 0.186 e. The molecule has 0 atom stereocenters. The Morgan fingerprint density at radius 3 is 2.36 bits per heavy atom. The maximum atomic E-state index is 6.28. The van der Waals surface area contributed by atoms with Gasteiger partial charge in [0, 0.05) is 5.56 Å². The van der Waals surface area contributed by atoms with Crippen molar-refractivity contribution in [2.45, 2.75) is 0 Å². The van der Waals surface area contributed by atoms with Crippen LogP contribution in [0.1, 0.15) is 0 Å². The van der Waals surface area contributed by atoms with E-state index in [0.29, 0.717) is 56.7 Å². The third kappa shape index (κ3) is 3.82. The summed E-state index contributed by atoms with van der Waals surface area (Å²) >= 11 is 0. The van der Waals surface area contributed by atoms with Crippen LogP contribution in [0.2, 0.25) is 0 Å². The second-order valence-electron chi connectivity index (χ2n) is 7.46. The zero-order chi connectivity index (χ0) is 25.2. The average molecular weight is 486 g/mol. The Hall–Kier alpha value is -5.04. The molecule has 3 aromatic heterocycles. The number of hydrogen-bond acceptors (Lipinski definition) is 12. The van der Waals surface area contributed by atoms with Gasteiger partial charge in [0.05, 0.1) is 27.0 Å². The summed E-state index contributed by atoms with van der Waals surface area (Å²) in [4.78, 5) is 13.3. The molecule has 0 radical (unpaired) electrons. The number of hydrogen-bond donors (Lipinski definition) is 3. The number of fused-ring (bicyclic) bond motifs is 2. The summed E-state index contributed by atoms with van der Waals surface area (Å²) < 4.78 is 17.6. The Bertz CT molecular complexity index is 1600. The number of anilines is 2. The third-order valence-electron chi connectivity index (χ3n) is 5.47. The molecule has 5 rings (SSSR count). The molecule has 0 spiro atoms. The second-order valence-corrected chi connectivity index (χ2v) is 7.46. The summed E-state index contributed by atoms with van der Waals surface area (Å²) in [6.45, 7) is 0. The first-order valence-electron chi connectivity index (χ1n) is 10.7. The van der Waals surface area contributed by atoms with Gasteiger partial charge in [-0.15, -0.1) is 10.2 Å². The number of nitrogens with one attached hydrogen (secondary N) is 1. The second kappa shape index (κ2) is 9.31. The van der Waals surface area contributed by atoms with Crippen molar-refractivity contribution in [1.29, 1.82) is 0 Å². The SMILES string of the molecule is COc1ccc(N=Nc2c(N)nn3c(-c4ccc(OC)c(OC)c4)c4ncnc(NN)c4nc23)cc1. The zero-order valence-corrected chi connectivity index (χ0v) is 19.6. The molecule has 5 aromatic rings. The normalized spacial score (nSPS) is 11.3. The zero-order valence-electron chi connectivity index (χ0n) is 19.6. The van der Waals surface area contributed by atoms with Gasteiger partial charge in [0.1, 0.15) is 28.8 Å². The molecule has 13 nitrogen and oxygen atoms in total. The van der Waals surface area contributed by atoms with Crippen molar-refractivity contribution in [3.05, 3.63) is 48.8 Å². The minimum Gasteiger partial charge on any atom is -0.497 e. The Labute approximate surface area is 204 Å². The summed E-state index contributed by atoms with van der Waals surface area (Å²) in [5.74, 6) is 7.98. The molecular formula is C23H22N10O3. The monoisotopic (exact) mass is 486 g/mol. The molecule has 13 heteroatoms. The molecule has 0 saturated heterocycles. The number of nitrogens with zero attached hydrogens (tertiary/aromatic N) is 7. The van der Waals surface area contributed by atoms with Crippen LogP contribution in [-0.2, 0) is 0 Å². The fourth-order valence-corrected chi connectivity index (χ4v) is 3.74. The van der Waals surface area contributed by atoms with Gasteiger partial charge in [-0.2, -0.15) is 5.11 Å². The molecule has 0 amide bonds. The largest absolute Gasteiger partial charge is 0.497 e. The van der Waals surface area contributed by atoms with E-state index in [1.165, 1.54) is 6.33 Å². The van der Waals surface area contributed by atoms with Gasteiger partial charge in [0.25, 0.3) is 0 Å². The minimum absolute atomic E-state index is 0.131. The Morgan fingerprint density at radius 2 is 1.67 bits per heavy atom. The van der Waals surface area contributed by atoms with Crippen molar-refractivity contribution in [3.8, 4) is 28.5 Å². The van der Waals surface area contributed by atoms with Gasteiger partial charge in [0.15, 0.2) is 34.5 Å². The summed E-state index contributed by atoms with van der Waals surface area (Å²) in [7, 11) is 4.72. The Balaban J connectivity index is 1.77. The van der Waals surface area contributed by atoms with Gasteiger partial charge in [-0.05, 0) is 42.5 Å². The van der Waals surface area contributed by atoms with E-state index in [4.69, 9.17) is 30.8 Å². The van der Waals surface area contributed by atoms with Gasteiger partial charge < -0.3 is 25.4 Å². The highest BCUT2D eigenvalue weighted by atomic mass is 16.5. The van der Waals surface area contributed by atoms with Crippen molar-refractivity contribution in [2.24, 2.45) is 16.1 Å². The summed E-state index contributed by atoms with van der Waals surface area (Å²) in [5.41, 5.74) is 12.2. The summed E-state index contributed by atoms with van der Waals surface area (Å²) in [6.07, 6.45) is 1.38. The van der Waals surface area contributed by atoms with Crippen molar-refractivity contribution < 1.29 is 14.2 Å². The Kier molecular flexibility index (Phi) is 5.88. The number of benzene rings is 2. The first-order chi connectivity index (χ1) is 17.6. The van der Waals surface area contributed by atoms with Crippen LogP contribution < -0.4 is 31.2 Å². The molecule has 0 unspecified atom stereocenters. The number of ether oxygens (including phenoxy) is 3. The highest BCUT2D eigenvalue weighted by Crippen LogP contribution is 2.38. The van der Waals surface area contributed by atoms with E-state index in [9.17, 15) is 0 Å². The number of nitrogens with two attached hydrogens (primary N) is 2. The lowest BCUT2D eigenvalue weighted by molar-refractivity contribution is 0.355. The number of azo groups is 1. The molecule has 0 fully saturated rings. The molecule has 36 heavy (non-hydrogen) atoms. The first-order valence-corrected chi connectivity index (χ1v) is 10.7. The van der Waals surface area contributed by atoms with Gasteiger partial charge in [-0.3, -0.25) is 0 Å². The van der Waals surface area contributed by atoms with Crippen LogP contribution in [0.3, 0.4) is 0 Å². The predicted molar refractivity (Wildman–Crippen MR) is 134 cm³/mol. The maximum absolute atomic E-state index is 6.28. The van der Waals surface area contributed by atoms with Crippen LogP contribution in [0.25, 0.3) is 27.9 Å². The first kappa shape index (κ1) is 22.7. The molecule has 3 heterocycles. The van der Waals surface area contributed by atoms with Gasteiger partial charge in [-0.25, -0.2) is 25.3 Å². The molecule has 0 aliphatic carbocycles. The summed E-state index contributed by atoms with van der Waals surface area (Å²) in [6, 6.07) is 12.5. The van der Waals surface area contributed by atoms with Crippen LogP contribution in [0.5, 0.6) is 17.2 Å². The molecule has 0 aliphatic heterocycles. The van der Waals surface area contributed by atoms with Gasteiger partial charge in [0.2, 0.25) is 0 Å². The van der Waals surface area contributed by atoms with Crippen molar-refractivity contribution in [2.75, 3.05) is 32.5 Å². The van der Waals surface area contributed by atoms with Crippen LogP contribution in [-0.4, -0.2) is 45.9 Å². The van der Waals surface area contributed by atoms with Crippen LogP contribution in [0.15, 0.2) is 59.0 Å². The molecule has 0 aliphatic rings. The highest BCUT2D eigenvalue weighted by molar-refractivity contribution is 5.98. The van der Waals surface area contributed by atoms with E-state index in [1.807, 2.05) is 6.07 Å². The van der Waals surface area contributed by atoms with E-state index >= 15 is 0 Å². The van der Waals surface area contributed by atoms with Crippen LogP contribution in [0, 0.1) is 0 Å². The fraction of sp³-hybridized carbons (Fsp3) is 0.130. The Morgan fingerprint density at radius 1 is 0.889 bits per heavy atom. The van der Waals surface area contributed by atoms with E-state index in [-0.39, 0.29) is 11.5 Å². The van der Waals surface area contributed by atoms with Crippen LogP contribution >= 0.6 is 0 Å². The highest BCUT2D eigenvalue weighted by Gasteiger charge is 2.22. The van der Waals surface area contributed by atoms with Crippen molar-refractivity contribution in [3.63, 3.8) is 0 Å². The molecule has 2 aromatic carbocycles. The van der Waals surface area contributed by atoms with E-state index in [2.05, 4.69) is 30.7 Å². The topological polar surface area (TPSA) is 172 Å². The molecule has 5 N–H and O–H groups in total. The van der Waals surface area contributed by atoms with Crippen LogP contribution in [0.4, 0.5) is 23.0 Å². The number of aromatic nitrogens is 5. The molecular weight excluding hydrogens is 464 g/mol. The fourth-order valence-electron chi connectivity index (χ4n) is 3.74. The molecule has 0 bridgehead atoms. The lowest BCUT2D eigenvalue weighted by atomic mass is 10.1. The average Bonchev–Trinajstić information content (AvgIpc) is 3.24. The van der Waals surface area contributed by atoms with E-state index < -0.39 is 0 Å². The lowest BCUT2D eigenvalue weighted by Gasteiger charge is -2.13. The number of methoxy groups -OCH3 is 3. The lowest BCUT2D eigenvalue weighted by Crippen LogP contribution is -2.11.